The third-order valence-electron chi connectivity index (χ3n) is 3.13. The summed E-state index contributed by atoms with van der Waals surface area (Å²) in [5.74, 6) is -0.273. The molecule has 0 aliphatic heterocycles. The lowest BCUT2D eigenvalue weighted by Gasteiger charge is -2.17. The molecule has 0 aliphatic carbocycles. The maximum Gasteiger partial charge on any atom is 0.354 e. The molecule has 23 heavy (non-hydrogen) atoms. The number of ether oxygens (including phenoxy) is 4. The zero-order chi connectivity index (χ0) is 17.6. The van der Waals surface area contributed by atoms with E-state index in [1.807, 2.05) is 0 Å². The van der Waals surface area contributed by atoms with Gasteiger partial charge < -0.3 is 23.8 Å². The highest BCUT2D eigenvalue weighted by Gasteiger charge is 2.19. The molecule has 126 valence electrons. The minimum absolute atomic E-state index is 0.244. The van der Waals surface area contributed by atoms with Gasteiger partial charge in [-0.05, 0) is 23.8 Å². The number of esters is 2. The first-order valence-corrected chi connectivity index (χ1v) is 6.71. The number of carbonyl (C=O) groups excluding carboxylic acids is 2. The number of methoxy groups -OCH3 is 4. The van der Waals surface area contributed by atoms with Crippen LogP contribution in [-0.4, -0.2) is 59.4 Å². The van der Waals surface area contributed by atoms with Crippen molar-refractivity contribution in [2.45, 2.75) is 0 Å². The Morgan fingerprint density at radius 1 is 0.957 bits per heavy atom. The highest BCUT2D eigenvalue weighted by molar-refractivity contribution is 5.98. The van der Waals surface area contributed by atoms with E-state index in [-0.39, 0.29) is 11.3 Å². The van der Waals surface area contributed by atoms with Crippen molar-refractivity contribution >= 4 is 18.0 Å². The predicted octanol–water partition coefficient (Wildman–Crippen LogP) is 1.57. The van der Waals surface area contributed by atoms with Gasteiger partial charge in [-0.15, -0.1) is 0 Å². The van der Waals surface area contributed by atoms with Crippen LogP contribution >= 0.6 is 0 Å². The van der Waals surface area contributed by atoms with Crippen LogP contribution in [0.4, 0.5) is 0 Å². The van der Waals surface area contributed by atoms with Crippen LogP contribution in [0.1, 0.15) is 15.9 Å². The molecule has 0 N–H and O–H groups in total. The van der Waals surface area contributed by atoms with E-state index in [1.165, 1.54) is 40.6 Å². The Bertz CT molecular complexity index is 621. The smallest absolute Gasteiger partial charge is 0.354 e. The van der Waals surface area contributed by atoms with Gasteiger partial charge in [0, 0.05) is 14.1 Å². The molecule has 1 aromatic carbocycles. The van der Waals surface area contributed by atoms with Crippen molar-refractivity contribution in [3.8, 4) is 11.5 Å². The maximum atomic E-state index is 12.0. The van der Waals surface area contributed by atoms with E-state index >= 15 is 0 Å². The number of rotatable bonds is 6. The molecule has 0 saturated carbocycles. The molecular weight excluding hydrogens is 302 g/mol. The molecule has 1 rings (SSSR count). The number of hydrogen-bond acceptors (Lipinski definition) is 7. The van der Waals surface area contributed by atoms with Gasteiger partial charge in [0.25, 0.3) is 0 Å². The summed E-state index contributed by atoms with van der Waals surface area (Å²) in [4.78, 5) is 25.5. The highest BCUT2D eigenvalue weighted by atomic mass is 16.5. The number of likely N-dealkylation sites (N-methyl/N-ethyl adjacent to an activating group) is 1. The molecule has 0 unspecified atom stereocenters. The normalized spacial score (nSPS) is 10.8. The second-order valence-electron chi connectivity index (χ2n) is 4.70. The van der Waals surface area contributed by atoms with Crippen LogP contribution in [-0.2, 0) is 14.3 Å². The lowest BCUT2D eigenvalue weighted by Crippen LogP contribution is -2.20. The van der Waals surface area contributed by atoms with Gasteiger partial charge in [-0.3, -0.25) is 0 Å². The van der Waals surface area contributed by atoms with E-state index in [0.29, 0.717) is 17.1 Å². The summed E-state index contributed by atoms with van der Waals surface area (Å²) in [7, 11) is 8.91. The quantitative estimate of drug-likeness (QED) is 0.581. The Morgan fingerprint density at radius 3 is 1.96 bits per heavy atom. The van der Waals surface area contributed by atoms with Crippen molar-refractivity contribution in [1.29, 1.82) is 0 Å². The molecule has 0 amide bonds. The second kappa shape index (κ2) is 8.07. The lowest BCUT2D eigenvalue weighted by molar-refractivity contribution is -0.137. The molecular formula is C16H21NO6. The van der Waals surface area contributed by atoms with Gasteiger partial charge in [0.05, 0.1) is 34.0 Å². The standard InChI is InChI=1S/C16H21NO6/c1-17(2)12(16(19)23-6)7-10-8-13(20-3)14(21-4)9-11(10)15(18)22-5/h7-9H,1-6H3. The third-order valence-corrected chi connectivity index (χ3v) is 3.13. The topological polar surface area (TPSA) is 74.3 Å². The second-order valence-corrected chi connectivity index (χ2v) is 4.70. The molecule has 0 radical (unpaired) electrons. The van der Waals surface area contributed by atoms with Crippen LogP contribution in [0.5, 0.6) is 11.5 Å². The van der Waals surface area contributed by atoms with Crippen LogP contribution in [0.15, 0.2) is 17.8 Å². The molecule has 1 aromatic rings. The molecule has 0 heterocycles. The van der Waals surface area contributed by atoms with Crippen molar-refractivity contribution in [2.24, 2.45) is 0 Å². The summed E-state index contributed by atoms with van der Waals surface area (Å²) < 4.78 is 20.0. The van der Waals surface area contributed by atoms with Crippen molar-refractivity contribution in [1.82, 2.24) is 4.90 Å². The Morgan fingerprint density at radius 2 is 1.52 bits per heavy atom. The minimum Gasteiger partial charge on any atom is -0.493 e. The zero-order valence-electron chi connectivity index (χ0n) is 14.1. The van der Waals surface area contributed by atoms with Crippen LogP contribution < -0.4 is 9.47 Å². The summed E-state index contributed by atoms with van der Waals surface area (Å²) in [5, 5.41) is 0. The molecule has 7 nitrogen and oxygen atoms in total. The van der Waals surface area contributed by atoms with E-state index in [4.69, 9.17) is 18.9 Å². The van der Waals surface area contributed by atoms with Crippen molar-refractivity contribution in [2.75, 3.05) is 42.5 Å². The Balaban J connectivity index is 3.59. The molecule has 0 fully saturated rings. The highest BCUT2D eigenvalue weighted by Crippen LogP contribution is 2.32. The molecule has 0 saturated heterocycles. The van der Waals surface area contributed by atoms with Gasteiger partial charge >= 0.3 is 11.9 Å². The van der Waals surface area contributed by atoms with Crippen LogP contribution in [0, 0.1) is 0 Å². The van der Waals surface area contributed by atoms with Crippen LogP contribution in [0.25, 0.3) is 6.08 Å². The van der Waals surface area contributed by atoms with Crippen molar-refractivity contribution < 1.29 is 28.5 Å². The van der Waals surface area contributed by atoms with E-state index in [0.717, 1.165) is 0 Å². The summed E-state index contributed by atoms with van der Waals surface area (Å²) in [6.07, 6.45) is 1.53. The fourth-order valence-corrected chi connectivity index (χ4v) is 1.92. The first kappa shape index (κ1) is 18.3. The first-order chi connectivity index (χ1) is 10.9. The lowest BCUT2D eigenvalue weighted by atomic mass is 10.0. The van der Waals surface area contributed by atoms with Crippen LogP contribution in [0.3, 0.4) is 0 Å². The fraction of sp³-hybridized carbons (Fsp3) is 0.375. The Kier molecular flexibility index (Phi) is 6.44. The SMILES string of the molecule is COC(=O)C(=Cc1cc(OC)c(OC)cc1C(=O)OC)N(C)C. The predicted molar refractivity (Wildman–Crippen MR) is 84.6 cm³/mol. The van der Waals surface area contributed by atoms with E-state index in [9.17, 15) is 9.59 Å². The van der Waals surface area contributed by atoms with Gasteiger partial charge in [-0.1, -0.05) is 0 Å². The molecule has 0 spiro atoms. The van der Waals surface area contributed by atoms with E-state index < -0.39 is 11.9 Å². The summed E-state index contributed by atoms with van der Waals surface area (Å²) in [5.41, 5.74) is 0.960. The number of nitrogens with zero attached hydrogens (tertiary/aromatic N) is 1. The Labute approximate surface area is 135 Å². The summed E-state index contributed by atoms with van der Waals surface area (Å²) in [6, 6.07) is 3.10. The number of carbonyl (C=O) groups is 2. The molecule has 0 bridgehead atoms. The van der Waals surface area contributed by atoms with Gasteiger partial charge in [-0.2, -0.15) is 0 Å². The minimum atomic E-state index is -0.555. The largest absolute Gasteiger partial charge is 0.493 e. The summed E-state index contributed by atoms with van der Waals surface area (Å²) in [6.45, 7) is 0. The van der Waals surface area contributed by atoms with Crippen LogP contribution in [0.2, 0.25) is 0 Å². The number of hydrogen-bond donors (Lipinski definition) is 0. The molecule has 7 heteroatoms. The monoisotopic (exact) mass is 323 g/mol. The van der Waals surface area contributed by atoms with Gasteiger partial charge in [0.1, 0.15) is 5.70 Å². The van der Waals surface area contributed by atoms with Gasteiger partial charge in [0.2, 0.25) is 0 Å². The first-order valence-electron chi connectivity index (χ1n) is 6.71. The fourth-order valence-electron chi connectivity index (χ4n) is 1.92. The molecule has 0 atom stereocenters. The van der Waals surface area contributed by atoms with Crippen molar-refractivity contribution in [3.63, 3.8) is 0 Å². The maximum absolute atomic E-state index is 12.0. The molecule has 0 aromatic heterocycles. The number of benzene rings is 1. The average Bonchev–Trinajstić information content (AvgIpc) is 2.57. The van der Waals surface area contributed by atoms with E-state index in [2.05, 4.69) is 0 Å². The molecule has 0 aliphatic rings. The average molecular weight is 323 g/mol. The zero-order valence-corrected chi connectivity index (χ0v) is 14.1. The Hall–Kier alpha value is -2.70. The van der Waals surface area contributed by atoms with E-state index in [1.54, 1.807) is 25.1 Å². The third kappa shape index (κ3) is 4.15. The van der Waals surface area contributed by atoms with Gasteiger partial charge in [0.15, 0.2) is 11.5 Å². The summed E-state index contributed by atoms with van der Waals surface area (Å²) >= 11 is 0. The van der Waals surface area contributed by atoms with Gasteiger partial charge in [-0.25, -0.2) is 9.59 Å². The van der Waals surface area contributed by atoms with Crippen molar-refractivity contribution in [3.05, 3.63) is 29.0 Å².